The summed E-state index contributed by atoms with van der Waals surface area (Å²) in [7, 11) is -1.19. The van der Waals surface area contributed by atoms with Crippen LogP contribution >= 0.6 is 0 Å². The number of nitriles is 1. The highest BCUT2D eigenvalue weighted by atomic mass is 32.2. The molecule has 0 heterocycles. The maximum absolute atomic E-state index is 12.1. The van der Waals surface area contributed by atoms with Crippen LogP contribution in [0.1, 0.15) is 38.3 Å². The van der Waals surface area contributed by atoms with Crippen LogP contribution in [0.4, 0.5) is 0 Å². The molecule has 0 saturated heterocycles. The number of hydrogen-bond acceptors (Lipinski definition) is 2. The number of hydrogen-bond donors (Lipinski definition) is 1. The second kappa shape index (κ2) is 6.07. The zero-order valence-electron chi connectivity index (χ0n) is 12.3. The second-order valence-electron chi connectivity index (χ2n) is 6.46. The lowest BCUT2D eigenvalue weighted by Crippen LogP contribution is -2.40. The van der Waals surface area contributed by atoms with E-state index in [1.807, 2.05) is 20.8 Å². The first kappa shape index (κ1) is 15.2. The molecule has 1 aromatic rings. The molecule has 0 saturated carbocycles. The van der Waals surface area contributed by atoms with Gasteiger partial charge in [-0.2, -0.15) is 5.26 Å². The molecule has 2 atom stereocenters. The molecule has 1 aliphatic carbocycles. The van der Waals surface area contributed by atoms with E-state index in [-0.39, 0.29) is 10.8 Å². The Morgan fingerprint density at radius 1 is 1.35 bits per heavy atom. The van der Waals surface area contributed by atoms with Crippen LogP contribution in [0, 0.1) is 17.2 Å². The predicted molar refractivity (Wildman–Crippen MR) is 82.4 cm³/mol. The van der Waals surface area contributed by atoms with Crippen LogP contribution in [0.25, 0.3) is 0 Å². The molecule has 0 amide bonds. The van der Waals surface area contributed by atoms with Gasteiger partial charge in [0.05, 0.1) is 21.8 Å². The summed E-state index contributed by atoms with van der Waals surface area (Å²) in [4.78, 5) is 0. The van der Waals surface area contributed by atoms with Crippen molar-refractivity contribution in [1.29, 1.82) is 5.26 Å². The predicted octanol–water partition coefficient (Wildman–Crippen LogP) is 2.74. The van der Waals surface area contributed by atoms with E-state index in [2.05, 4.69) is 35.1 Å². The zero-order valence-corrected chi connectivity index (χ0v) is 13.2. The van der Waals surface area contributed by atoms with Crippen LogP contribution in [0.3, 0.4) is 0 Å². The number of benzene rings is 1. The van der Waals surface area contributed by atoms with Crippen LogP contribution < -0.4 is 4.72 Å². The summed E-state index contributed by atoms with van der Waals surface area (Å²) < 4.78 is 14.7. The summed E-state index contributed by atoms with van der Waals surface area (Å²) in [6, 6.07) is 10.4. The lowest BCUT2D eigenvalue weighted by atomic mass is 9.98. The molecule has 1 aliphatic rings. The van der Waals surface area contributed by atoms with Gasteiger partial charge in [-0.25, -0.2) is 8.93 Å². The third kappa shape index (κ3) is 3.68. The van der Waals surface area contributed by atoms with Gasteiger partial charge in [-0.05, 0) is 57.1 Å². The molecular formula is C16H22N2OS. The molecule has 4 heteroatoms. The van der Waals surface area contributed by atoms with Gasteiger partial charge >= 0.3 is 0 Å². The van der Waals surface area contributed by atoms with E-state index in [9.17, 15) is 9.47 Å². The van der Waals surface area contributed by atoms with E-state index in [0.29, 0.717) is 5.92 Å². The van der Waals surface area contributed by atoms with Crippen molar-refractivity contribution in [1.82, 2.24) is 4.72 Å². The van der Waals surface area contributed by atoms with Crippen molar-refractivity contribution in [2.24, 2.45) is 5.92 Å². The maximum Gasteiger partial charge on any atom is 0.107 e. The molecule has 0 aliphatic heterocycles. The van der Waals surface area contributed by atoms with Gasteiger partial charge in [-0.3, -0.25) is 0 Å². The summed E-state index contributed by atoms with van der Waals surface area (Å²) >= 11 is 0. The van der Waals surface area contributed by atoms with Gasteiger partial charge in [0.1, 0.15) is 6.04 Å². The molecule has 0 fully saturated rings. The minimum Gasteiger partial charge on any atom is -0.242 e. The summed E-state index contributed by atoms with van der Waals surface area (Å²) in [5.74, 6) is 0.474. The van der Waals surface area contributed by atoms with Gasteiger partial charge in [0, 0.05) is 0 Å². The first-order chi connectivity index (χ1) is 9.40. The quantitative estimate of drug-likeness (QED) is 0.927. The largest absolute Gasteiger partial charge is 0.242 e. The second-order valence-corrected chi connectivity index (χ2v) is 8.46. The van der Waals surface area contributed by atoms with Crippen LogP contribution in [0.15, 0.2) is 24.3 Å². The standard InChI is InChI=1S/C16H22N2OS/c1-16(2,3)20(19)18-15(11-17)10-12-8-13-6-4-5-7-14(13)9-12/h4-7,12,15,18H,8-10H2,1-3H3/t15-,20?/m1/s1. The maximum atomic E-state index is 12.1. The van der Waals surface area contributed by atoms with Crippen molar-refractivity contribution in [2.45, 2.75) is 50.8 Å². The topological polar surface area (TPSA) is 52.9 Å². The zero-order chi connectivity index (χ0) is 14.8. The van der Waals surface area contributed by atoms with Crippen LogP contribution in [-0.4, -0.2) is 15.0 Å². The molecule has 1 unspecified atom stereocenters. The summed E-state index contributed by atoms with van der Waals surface area (Å²) in [5.41, 5.74) is 2.79. The van der Waals surface area contributed by atoms with Crippen molar-refractivity contribution in [3.05, 3.63) is 35.4 Å². The Morgan fingerprint density at radius 3 is 2.35 bits per heavy atom. The Labute approximate surface area is 124 Å². The molecule has 1 N–H and O–H groups in total. The van der Waals surface area contributed by atoms with Gasteiger partial charge in [0.15, 0.2) is 0 Å². The van der Waals surface area contributed by atoms with Crippen molar-refractivity contribution < 1.29 is 4.21 Å². The van der Waals surface area contributed by atoms with E-state index in [0.717, 1.165) is 19.3 Å². The Bertz CT molecular complexity index is 517. The first-order valence-electron chi connectivity index (χ1n) is 7.04. The average Bonchev–Trinajstić information content (AvgIpc) is 2.78. The highest BCUT2D eigenvalue weighted by Crippen LogP contribution is 2.29. The normalized spacial score (nSPS) is 18.3. The van der Waals surface area contributed by atoms with Crippen molar-refractivity contribution in [3.63, 3.8) is 0 Å². The lowest BCUT2D eigenvalue weighted by molar-refractivity contribution is 0.473. The molecule has 108 valence electrons. The minimum atomic E-state index is -1.19. The molecule has 0 spiro atoms. The number of rotatable bonds is 4. The Balaban J connectivity index is 1.93. The van der Waals surface area contributed by atoms with E-state index in [4.69, 9.17) is 0 Å². The fraction of sp³-hybridized carbons (Fsp3) is 0.562. The van der Waals surface area contributed by atoms with Gasteiger partial charge < -0.3 is 0 Å². The highest BCUT2D eigenvalue weighted by Gasteiger charge is 2.27. The van der Waals surface area contributed by atoms with Crippen molar-refractivity contribution in [2.75, 3.05) is 0 Å². The van der Waals surface area contributed by atoms with E-state index in [1.165, 1.54) is 11.1 Å². The summed E-state index contributed by atoms with van der Waals surface area (Å²) in [5, 5.41) is 9.27. The van der Waals surface area contributed by atoms with Crippen LogP contribution in [0.2, 0.25) is 0 Å². The molecule has 0 aromatic heterocycles. The van der Waals surface area contributed by atoms with Gasteiger partial charge in [0.25, 0.3) is 0 Å². The monoisotopic (exact) mass is 290 g/mol. The molecule has 1 aromatic carbocycles. The third-order valence-electron chi connectivity index (χ3n) is 3.67. The SMILES string of the molecule is CC(C)(C)S(=O)N[C@@H](C#N)CC1Cc2ccccc2C1. The molecular weight excluding hydrogens is 268 g/mol. The van der Waals surface area contributed by atoms with E-state index >= 15 is 0 Å². The molecule has 0 bridgehead atoms. The van der Waals surface area contributed by atoms with E-state index < -0.39 is 11.0 Å². The Morgan fingerprint density at radius 2 is 1.90 bits per heavy atom. The number of nitrogens with zero attached hydrogens (tertiary/aromatic N) is 1. The highest BCUT2D eigenvalue weighted by molar-refractivity contribution is 7.84. The van der Waals surface area contributed by atoms with Gasteiger partial charge in [-0.15, -0.1) is 0 Å². The summed E-state index contributed by atoms with van der Waals surface area (Å²) in [6.45, 7) is 5.74. The van der Waals surface area contributed by atoms with Crippen molar-refractivity contribution >= 4 is 11.0 Å². The van der Waals surface area contributed by atoms with E-state index in [1.54, 1.807) is 0 Å². The summed E-state index contributed by atoms with van der Waals surface area (Å²) in [6.07, 6.45) is 2.81. The van der Waals surface area contributed by atoms with Gasteiger partial charge in [-0.1, -0.05) is 24.3 Å². The lowest BCUT2D eigenvalue weighted by Gasteiger charge is -2.22. The fourth-order valence-corrected chi connectivity index (χ4v) is 3.34. The average molecular weight is 290 g/mol. The molecule has 3 nitrogen and oxygen atoms in total. The van der Waals surface area contributed by atoms with Crippen molar-refractivity contribution in [3.8, 4) is 6.07 Å². The number of fused-ring (bicyclic) bond motifs is 1. The van der Waals surface area contributed by atoms with Crippen LogP contribution in [0.5, 0.6) is 0 Å². The van der Waals surface area contributed by atoms with Gasteiger partial charge in [0.2, 0.25) is 0 Å². The first-order valence-corrected chi connectivity index (χ1v) is 8.19. The molecule has 2 rings (SSSR count). The molecule has 20 heavy (non-hydrogen) atoms. The third-order valence-corrected chi connectivity index (χ3v) is 5.28. The smallest absolute Gasteiger partial charge is 0.107 e. The number of nitrogens with one attached hydrogen (secondary N) is 1. The fourth-order valence-electron chi connectivity index (χ4n) is 2.58. The molecule has 0 radical (unpaired) electrons. The Hall–Kier alpha value is -1.18. The van der Waals surface area contributed by atoms with Crippen LogP contribution in [-0.2, 0) is 23.8 Å². The Kier molecular flexibility index (Phi) is 4.62. The minimum absolute atomic E-state index is 0.339.